The van der Waals surface area contributed by atoms with Gasteiger partial charge in [0.1, 0.15) is 11.0 Å². The SMILES string of the molecule is COCCNC(=O)Oc1sc(C(=O)OC2CCCC2)c(C)c1O. The van der Waals surface area contributed by atoms with Crippen LogP contribution in [0, 0.1) is 6.92 Å². The molecule has 0 aliphatic heterocycles. The van der Waals surface area contributed by atoms with Crippen molar-refractivity contribution in [3.05, 3.63) is 10.4 Å². The molecule has 128 valence electrons. The van der Waals surface area contributed by atoms with Gasteiger partial charge in [0.2, 0.25) is 5.06 Å². The zero-order chi connectivity index (χ0) is 16.8. The Morgan fingerprint density at radius 1 is 1.35 bits per heavy atom. The molecule has 1 aliphatic rings. The van der Waals surface area contributed by atoms with E-state index >= 15 is 0 Å². The van der Waals surface area contributed by atoms with E-state index in [4.69, 9.17) is 14.2 Å². The Labute approximate surface area is 138 Å². The van der Waals surface area contributed by atoms with Gasteiger partial charge in [0.15, 0.2) is 5.75 Å². The lowest BCUT2D eigenvalue weighted by Gasteiger charge is -2.10. The van der Waals surface area contributed by atoms with E-state index in [1.54, 1.807) is 6.92 Å². The van der Waals surface area contributed by atoms with Gasteiger partial charge in [0, 0.05) is 19.2 Å². The van der Waals surface area contributed by atoms with E-state index in [0.29, 0.717) is 12.2 Å². The fourth-order valence-corrected chi connectivity index (χ4v) is 3.26. The normalized spacial score (nSPS) is 14.7. The van der Waals surface area contributed by atoms with Gasteiger partial charge in [-0.2, -0.15) is 0 Å². The average molecular weight is 343 g/mol. The number of hydrogen-bond acceptors (Lipinski definition) is 7. The fraction of sp³-hybridized carbons (Fsp3) is 0.600. The van der Waals surface area contributed by atoms with Gasteiger partial charge in [-0.3, -0.25) is 0 Å². The van der Waals surface area contributed by atoms with Crippen LogP contribution in [0.2, 0.25) is 0 Å². The number of methoxy groups -OCH3 is 1. The molecule has 7 nitrogen and oxygen atoms in total. The number of carbonyl (C=O) groups excluding carboxylic acids is 2. The summed E-state index contributed by atoms with van der Waals surface area (Å²) in [6.45, 7) is 2.23. The van der Waals surface area contributed by atoms with E-state index in [9.17, 15) is 14.7 Å². The van der Waals surface area contributed by atoms with Gasteiger partial charge in [-0.25, -0.2) is 9.59 Å². The van der Waals surface area contributed by atoms with Crippen molar-refractivity contribution < 1.29 is 28.9 Å². The molecule has 1 fully saturated rings. The topological polar surface area (TPSA) is 94.1 Å². The third-order valence-corrected chi connectivity index (χ3v) is 4.75. The lowest BCUT2D eigenvalue weighted by atomic mass is 10.2. The van der Waals surface area contributed by atoms with Gasteiger partial charge in [-0.1, -0.05) is 11.3 Å². The molecule has 0 radical (unpaired) electrons. The third kappa shape index (κ3) is 4.59. The molecule has 2 N–H and O–H groups in total. The molecule has 0 bridgehead atoms. The smallest absolute Gasteiger partial charge is 0.413 e. The summed E-state index contributed by atoms with van der Waals surface area (Å²) in [6.07, 6.45) is 3.08. The summed E-state index contributed by atoms with van der Waals surface area (Å²) in [5.41, 5.74) is 0.359. The quantitative estimate of drug-likeness (QED) is 0.609. The van der Waals surface area contributed by atoms with E-state index in [1.807, 2.05) is 0 Å². The maximum atomic E-state index is 12.2. The second-order valence-electron chi connectivity index (χ2n) is 5.31. The molecule has 1 aromatic heterocycles. The van der Waals surface area contributed by atoms with Gasteiger partial charge >= 0.3 is 12.1 Å². The molecule has 0 atom stereocenters. The van der Waals surface area contributed by atoms with E-state index in [0.717, 1.165) is 37.0 Å². The van der Waals surface area contributed by atoms with Crippen LogP contribution in [-0.4, -0.2) is 43.5 Å². The number of rotatable bonds is 6. The van der Waals surface area contributed by atoms with Crippen LogP contribution >= 0.6 is 11.3 Å². The number of thiophene rings is 1. The Bertz CT molecular complexity index is 565. The largest absolute Gasteiger partial charge is 0.503 e. The molecule has 8 heteroatoms. The lowest BCUT2D eigenvalue weighted by Crippen LogP contribution is -2.29. The summed E-state index contributed by atoms with van der Waals surface area (Å²) >= 11 is 0.906. The second kappa shape index (κ2) is 8.16. The minimum Gasteiger partial charge on any atom is -0.503 e. The van der Waals surface area contributed by atoms with Crippen molar-refractivity contribution in [1.82, 2.24) is 5.32 Å². The van der Waals surface area contributed by atoms with Crippen LogP contribution in [-0.2, 0) is 9.47 Å². The van der Waals surface area contributed by atoms with Crippen molar-refractivity contribution in [3.8, 4) is 10.8 Å². The number of amides is 1. The number of aromatic hydroxyl groups is 1. The van der Waals surface area contributed by atoms with Crippen molar-refractivity contribution in [3.63, 3.8) is 0 Å². The molecule has 1 amide bonds. The van der Waals surface area contributed by atoms with Crippen molar-refractivity contribution >= 4 is 23.4 Å². The summed E-state index contributed by atoms with van der Waals surface area (Å²) < 4.78 is 15.3. The molecule has 0 spiro atoms. The van der Waals surface area contributed by atoms with Gasteiger partial charge < -0.3 is 24.6 Å². The third-order valence-electron chi connectivity index (χ3n) is 3.61. The predicted molar refractivity (Wildman–Crippen MR) is 84.3 cm³/mol. The van der Waals surface area contributed by atoms with Gasteiger partial charge in [-0.05, 0) is 32.6 Å². The van der Waals surface area contributed by atoms with Gasteiger partial charge in [0.25, 0.3) is 0 Å². The maximum absolute atomic E-state index is 12.2. The van der Waals surface area contributed by atoms with Crippen LogP contribution in [0.5, 0.6) is 10.8 Å². The lowest BCUT2D eigenvalue weighted by molar-refractivity contribution is 0.0322. The molecule has 1 aromatic rings. The molecular formula is C15H21NO6S. The summed E-state index contributed by atoms with van der Waals surface area (Å²) in [5, 5.41) is 12.5. The minimum absolute atomic E-state index is 0.0178. The maximum Gasteiger partial charge on any atom is 0.413 e. The van der Waals surface area contributed by atoms with Crippen molar-refractivity contribution in [2.45, 2.75) is 38.7 Å². The first kappa shape index (κ1) is 17.6. The predicted octanol–water partition coefficient (Wildman–Crippen LogP) is 2.60. The van der Waals surface area contributed by atoms with Crippen LogP contribution in [0.4, 0.5) is 4.79 Å². The Hall–Kier alpha value is -1.80. The number of nitrogens with one attached hydrogen (secondary N) is 1. The highest BCUT2D eigenvalue weighted by molar-refractivity contribution is 7.16. The molecule has 0 unspecified atom stereocenters. The minimum atomic E-state index is -0.714. The van der Waals surface area contributed by atoms with Crippen LogP contribution in [0.3, 0.4) is 0 Å². The van der Waals surface area contributed by atoms with Crippen molar-refractivity contribution in [2.24, 2.45) is 0 Å². The van der Waals surface area contributed by atoms with E-state index in [2.05, 4.69) is 5.32 Å². The molecule has 1 aliphatic carbocycles. The first-order chi connectivity index (χ1) is 11.0. The number of ether oxygens (including phenoxy) is 3. The van der Waals surface area contributed by atoms with Crippen LogP contribution in [0.25, 0.3) is 0 Å². The molecule has 0 aromatic carbocycles. The number of esters is 1. The second-order valence-corrected chi connectivity index (χ2v) is 6.30. The molecule has 1 heterocycles. The Morgan fingerprint density at radius 3 is 2.70 bits per heavy atom. The summed E-state index contributed by atoms with van der Waals surface area (Å²) in [6, 6.07) is 0. The Kier molecular flexibility index (Phi) is 6.23. The highest BCUT2D eigenvalue weighted by Gasteiger charge is 2.26. The Morgan fingerprint density at radius 2 is 2.04 bits per heavy atom. The van der Waals surface area contributed by atoms with Gasteiger partial charge in [0.05, 0.1) is 6.61 Å². The fourth-order valence-electron chi connectivity index (χ4n) is 2.33. The molecule has 1 saturated carbocycles. The zero-order valence-corrected chi connectivity index (χ0v) is 14.0. The summed E-state index contributed by atoms with van der Waals surface area (Å²) in [4.78, 5) is 24.0. The van der Waals surface area contributed by atoms with E-state index in [1.165, 1.54) is 7.11 Å². The van der Waals surface area contributed by atoms with E-state index < -0.39 is 12.1 Å². The first-order valence-electron chi connectivity index (χ1n) is 7.51. The standard InChI is InChI=1S/C15H21NO6S/c1-9-11(17)14(22-15(19)16-7-8-20-2)23-12(9)13(18)21-10-5-3-4-6-10/h10,17H,3-8H2,1-2H3,(H,16,19). The summed E-state index contributed by atoms with van der Waals surface area (Å²) in [7, 11) is 1.52. The van der Waals surface area contributed by atoms with Crippen molar-refractivity contribution in [2.75, 3.05) is 20.3 Å². The zero-order valence-electron chi connectivity index (χ0n) is 13.2. The van der Waals surface area contributed by atoms with Gasteiger partial charge in [-0.15, -0.1) is 0 Å². The van der Waals surface area contributed by atoms with E-state index in [-0.39, 0.29) is 28.3 Å². The van der Waals surface area contributed by atoms with Crippen LogP contribution in [0.1, 0.15) is 40.9 Å². The monoisotopic (exact) mass is 343 g/mol. The molecule has 23 heavy (non-hydrogen) atoms. The summed E-state index contributed by atoms with van der Waals surface area (Å²) in [5.74, 6) is -0.695. The Balaban J connectivity index is 1.99. The number of carbonyl (C=O) groups is 2. The molecule has 0 saturated heterocycles. The number of hydrogen-bond donors (Lipinski definition) is 2. The average Bonchev–Trinajstić information content (AvgIpc) is 3.11. The highest BCUT2D eigenvalue weighted by atomic mass is 32.1. The highest BCUT2D eigenvalue weighted by Crippen LogP contribution is 2.41. The molecule has 2 rings (SSSR count). The first-order valence-corrected chi connectivity index (χ1v) is 8.32. The van der Waals surface area contributed by atoms with Crippen LogP contribution < -0.4 is 10.1 Å². The molecular weight excluding hydrogens is 322 g/mol. The van der Waals surface area contributed by atoms with Crippen LogP contribution in [0.15, 0.2) is 0 Å². The van der Waals surface area contributed by atoms with Crippen molar-refractivity contribution in [1.29, 1.82) is 0 Å².